The van der Waals surface area contributed by atoms with E-state index in [4.69, 9.17) is 4.42 Å². The van der Waals surface area contributed by atoms with Gasteiger partial charge in [0.05, 0.1) is 12.3 Å². The lowest BCUT2D eigenvalue weighted by atomic mass is 10.2. The number of aliphatic imine (C=N–C) groups is 1. The van der Waals surface area contributed by atoms with Crippen LogP contribution in [-0.2, 0) is 11.2 Å². The van der Waals surface area contributed by atoms with Gasteiger partial charge in [0.1, 0.15) is 5.76 Å². The number of amides is 1. The van der Waals surface area contributed by atoms with Crippen LogP contribution in [0.3, 0.4) is 0 Å². The van der Waals surface area contributed by atoms with Crippen molar-refractivity contribution in [3.8, 4) is 0 Å². The molecule has 2 heterocycles. The van der Waals surface area contributed by atoms with Crippen molar-refractivity contribution in [3.63, 3.8) is 0 Å². The van der Waals surface area contributed by atoms with Crippen molar-refractivity contribution < 1.29 is 9.21 Å². The zero-order valence-electron chi connectivity index (χ0n) is 16.3. The Bertz CT molecular complexity index is 556. The van der Waals surface area contributed by atoms with Crippen molar-refractivity contribution in [2.45, 2.75) is 38.6 Å². The molecule has 1 saturated heterocycles. The average Bonchev–Trinajstić information content (AvgIpc) is 3.29. The third-order valence-corrected chi connectivity index (χ3v) is 4.55. The summed E-state index contributed by atoms with van der Waals surface area (Å²) >= 11 is 0. The summed E-state index contributed by atoms with van der Waals surface area (Å²) in [6, 6.07) is 3.93. The van der Waals surface area contributed by atoms with Gasteiger partial charge in [0, 0.05) is 46.7 Å². The van der Waals surface area contributed by atoms with E-state index in [1.807, 2.05) is 26.2 Å². The van der Waals surface area contributed by atoms with Gasteiger partial charge in [-0.15, -0.1) is 0 Å². The van der Waals surface area contributed by atoms with E-state index < -0.39 is 0 Å². The summed E-state index contributed by atoms with van der Waals surface area (Å²) in [6.45, 7) is 6.35. The maximum atomic E-state index is 12.2. The number of hydrogen-bond acceptors (Lipinski definition) is 4. The zero-order valence-corrected chi connectivity index (χ0v) is 16.3. The second kappa shape index (κ2) is 10.9. The number of likely N-dealkylation sites (tertiary alicyclic amines) is 1. The zero-order chi connectivity index (χ0) is 18.8. The molecule has 0 aliphatic carbocycles. The predicted molar refractivity (Wildman–Crippen MR) is 104 cm³/mol. The highest BCUT2D eigenvalue weighted by Crippen LogP contribution is 2.18. The minimum Gasteiger partial charge on any atom is -0.469 e. The number of carbonyl (C=O) groups excluding carboxylic acids is 1. The van der Waals surface area contributed by atoms with Crippen molar-refractivity contribution in [1.82, 2.24) is 20.4 Å². The fourth-order valence-electron chi connectivity index (χ4n) is 3.24. The Morgan fingerprint density at radius 3 is 2.96 bits per heavy atom. The third kappa shape index (κ3) is 6.37. The molecule has 2 rings (SSSR count). The second-order valence-electron chi connectivity index (χ2n) is 6.80. The van der Waals surface area contributed by atoms with E-state index >= 15 is 0 Å². The number of rotatable bonds is 9. The van der Waals surface area contributed by atoms with Crippen LogP contribution < -0.4 is 10.6 Å². The predicted octanol–water partition coefficient (Wildman–Crippen LogP) is 1.32. The summed E-state index contributed by atoms with van der Waals surface area (Å²) in [6.07, 6.45) is 5.55. The van der Waals surface area contributed by atoms with E-state index in [-0.39, 0.29) is 11.9 Å². The van der Waals surface area contributed by atoms with Gasteiger partial charge in [0.15, 0.2) is 5.96 Å². The molecule has 1 amide bonds. The van der Waals surface area contributed by atoms with Crippen LogP contribution in [0.25, 0.3) is 0 Å². The van der Waals surface area contributed by atoms with E-state index in [9.17, 15) is 4.79 Å². The fraction of sp³-hybridized carbons (Fsp3) is 0.684. The molecule has 146 valence electrons. The standard InChI is InChI=1S/C19H33N5O2/c1-4-20-19(22-12-10-16-8-6-15-26-16)21-11-7-14-24-13-5-9-17(24)18(25)23(2)3/h6,8,15,17H,4-5,7,9-14H2,1-3H3,(H2,20,21,22). The van der Waals surface area contributed by atoms with Crippen LogP contribution in [0.2, 0.25) is 0 Å². The van der Waals surface area contributed by atoms with Crippen LogP contribution in [0, 0.1) is 0 Å². The lowest BCUT2D eigenvalue weighted by molar-refractivity contribution is -0.133. The van der Waals surface area contributed by atoms with Crippen LogP contribution in [0.5, 0.6) is 0 Å². The second-order valence-corrected chi connectivity index (χ2v) is 6.80. The molecule has 0 spiro atoms. The number of nitrogens with one attached hydrogen (secondary N) is 2. The number of nitrogens with zero attached hydrogens (tertiary/aromatic N) is 3. The molecule has 1 aromatic heterocycles. The van der Waals surface area contributed by atoms with Crippen molar-refractivity contribution in [2.75, 3.05) is 46.8 Å². The summed E-state index contributed by atoms with van der Waals surface area (Å²) in [7, 11) is 3.67. The van der Waals surface area contributed by atoms with Crippen LogP contribution in [0.15, 0.2) is 27.8 Å². The first-order valence-electron chi connectivity index (χ1n) is 9.61. The molecule has 1 aliphatic heterocycles. The maximum Gasteiger partial charge on any atom is 0.239 e. The number of guanidine groups is 1. The average molecular weight is 364 g/mol. The van der Waals surface area contributed by atoms with Gasteiger partial charge >= 0.3 is 0 Å². The SMILES string of the molecule is CCNC(=NCCCN1CCCC1C(=O)N(C)C)NCCc1ccco1. The summed E-state index contributed by atoms with van der Waals surface area (Å²) in [4.78, 5) is 20.9. The normalized spacial score (nSPS) is 18.1. The molecule has 0 aromatic carbocycles. The molecule has 0 bridgehead atoms. The first-order chi connectivity index (χ1) is 12.6. The molecular formula is C19H33N5O2. The van der Waals surface area contributed by atoms with Crippen molar-refractivity contribution in [1.29, 1.82) is 0 Å². The Morgan fingerprint density at radius 2 is 2.27 bits per heavy atom. The molecule has 26 heavy (non-hydrogen) atoms. The Morgan fingerprint density at radius 1 is 1.42 bits per heavy atom. The minimum atomic E-state index is 0.0497. The van der Waals surface area contributed by atoms with Gasteiger partial charge in [-0.2, -0.15) is 0 Å². The van der Waals surface area contributed by atoms with Crippen molar-refractivity contribution in [3.05, 3.63) is 24.2 Å². The third-order valence-electron chi connectivity index (χ3n) is 4.55. The van der Waals surface area contributed by atoms with E-state index in [1.165, 1.54) is 0 Å². The van der Waals surface area contributed by atoms with E-state index in [0.29, 0.717) is 0 Å². The van der Waals surface area contributed by atoms with E-state index in [1.54, 1.807) is 11.2 Å². The lowest BCUT2D eigenvalue weighted by Crippen LogP contribution is -2.43. The monoisotopic (exact) mass is 363 g/mol. The molecule has 1 atom stereocenters. The number of hydrogen-bond donors (Lipinski definition) is 2. The Balaban J connectivity index is 1.72. The first-order valence-corrected chi connectivity index (χ1v) is 9.61. The highest BCUT2D eigenvalue weighted by atomic mass is 16.3. The Kier molecular flexibility index (Phi) is 8.47. The van der Waals surface area contributed by atoms with Crippen molar-refractivity contribution in [2.24, 2.45) is 4.99 Å². The summed E-state index contributed by atoms with van der Waals surface area (Å²) < 4.78 is 5.34. The largest absolute Gasteiger partial charge is 0.469 e. The highest BCUT2D eigenvalue weighted by Gasteiger charge is 2.30. The minimum absolute atomic E-state index is 0.0497. The number of carbonyl (C=O) groups is 1. The Hall–Kier alpha value is -2.02. The highest BCUT2D eigenvalue weighted by molar-refractivity contribution is 5.81. The fourth-order valence-corrected chi connectivity index (χ4v) is 3.24. The van der Waals surface area contributed by atoms with Gasteiger partial charge in [-0.1, -0.05) is 0 Å². The van der Waals surface area contributed by atoms with Gasteiger partial charge in [0.2, 0.25) is 5.91 Å². The lowest BCUT2D eigenvalue weighted by Gasteiger charge is -2.25. The van der Waals surface area contributed by atoms with Crippen LogP contribution in [0.4, 0.5) is 0 Å². The van der Waals surface area contributed by atoms with E-state index in [2.05, 4.69) is 27.4 Å². The van der Waals surface area contributed by atoms with Gasteiger partial charge in [-0.05, 0) is 44.9 Å². The quantitative estimate of drug-likeness (QED) is 0.393. The Labute approximate surface area is 156 Å². The molecule has 2 N–H and O–H groups in total. The number of furan rings is 1. The van der Waals surface area contributed by atoms with Crippen LogP contribution in [-0.4, -0.2) is 74.5 Å². The van der Waals surface area contributed by atoms with Crippen LogP contribution in [0.1, 0.15) is 31.9 Å². The summed E-state index contributed by atoms with van der Waals surface area (Å²) in [5.74, 6) is 2.03. The maximum absolute atomic E-state index is 12.2. The topological polar surface area (TPSA) is 73.1 Å². The first kappa shape index (κ1) is 20.3. The smallest absolute Gasteiger partial charge is 0.239 e. The van der Waals surface area contributed by atoms with Crippen molar-refractivity contribution >= 4 is 11.9 Å². The molecular weight excluding hydrogens is 330 g/mol. The van der Waals surface area contributed by atoms with Gasteiger partial charge < -0.3 is 20.0 Å². The molecule has 7 nitrogen and oxygen atoms in total. The summed E-state index contributed by atoms with van der Waals surface area (Å²) in [5, 5.41) is 6.60. The molecule has 1 unspecified atom stereocenters. The van der Waals surface area contributed by atoms with Gasteiger partial charge in [-0.25, -0.2) is 0 Å². The molecule has 0 radical (unpaired) electrons. The van der Waals surface area contributed by atoms with Gasteiger partial charge in [0.25, 0.3) is 0 Å². The molecule has 0 saturated carbocycles. The van der Waals surface area contributed by atoms with Gasteiger partial charge in [-0.3, -0.25) is 14.7 Å². The molecule has 1 aliphatic rings. The molecule has 1 fully saturated rings. The molecule has 1 aromatic rings. The number of likely N-dealkylation sites (N-methyl/N-ethyl adjacent to an activating group) is 1. The van der Waals surface area contributed by atoms with E-state index in [0.717, 1.165) is 70.1 Å². The molecule has 7 heteroatoms. The van der Waals surface area contributed by atoms with Crippen LogP contribution >= 0.6 is 0 Å². The summed E-state index contributed by atoms with van der Waals surface area (Å²) in [5.41, 5.74) is 0.